The Hall–Kier alpha value is -3.56. The van der Waals surface area contributed by atoms with Crippen molar-refractivity contribution >= 4 is 17.5 Å². The van der Waals surface area contributed by atoms with Gasteiger partial charge < -0.3 is 15.4 Å². The first-order chi connectivity index (χ1) is 15.0. The molecular formula is C24H22ClN3O3. The number of H-pyrrole nitrogens is 1. The quantitative estimate of drug-likeness (QED) is 0.409. The van der Waals surface area contributed by atoms with Gasteiger partial charge in [-0.15, -0.1) is 11.6 Å². The normalized spacial score (nSPS) is 11.3. The van der Waals surface area contributed by atoms with E-state index in [-0.39, 0.29) is 24.1 Å². The minimum Gasteiger partial charge on any atom is -0.502 e. The average Bonchev–Trinajstić information content (AvgIpc) is 2.78. The molecule has 0 bridgehead atoms. The van der Waals surface area contributed by atoms with Crippen molar-refractivity contribution in [1.29, 1.82) is 0 Å². The van der Waals surface area contributed by atoms with Gasteiger partial charge in [-0.25, -0.2) is 4.98 Å². The first kappa shape index (κ1) is 22.1. The molecule has 0 aliphatic carbocycles. The SMILES string of the molecule is CC(=O)NCC(Cc1ccc(C#Cc2ccc(CCl)cc2)cc1)c1nc[nH]c(=O)c1O. The maximum Gasteiger partial charge on any atom is 0.293 e. The maximum atomic E-state index is 11.7. The number of alkyl halides is 1. The third-order valence-electron chi connectivity index (χ3n) is 4.74. The lowest BCUT2D eigenvalue weighted by atomic mass is 9.94. The molecule has 0 fully saturated rings. The second-order valence-electron chi connectivity index (χ2n) is 7.08. The summed E-state index contributed by atoms with van der Waals surface area (Å²) in [5.74, 6) is 5.74. The fraction of sp³-hybridized carbons (Fsp3) is 0.208. The molecule has 1 heterocycles. The number of aromatic amines is 1. The van der Waals surface area contributed by atoms with Gasteiger partial charge in [0.05, 0.1) is 12.0 Å². The molecule has 3 rings (SSSR count). The Morgan fingerprint density at radius 1 is 1.10 bits per heavy atom. The Morgan fingerprint density at radius 2 is 1.68 bits per heavy atom. The van der Waals surface area contributed by atoms with Crippen LogP contribution in [0.25, 0.3) is 0 Å². The Balaban J connectivity index is 1.76. The highest BCUT2D eigenvalue weighted by molar-refractivity contribution is 6.17. The van der Waals surface area contributed by atoms with Crippen LogP contribution in [0.2, 0.25) is 0 Å². The maximum absolute atomic E-state index is 11.7. The Bertz CT molecular complexity index is 1160. The number of rotatable bonds is 6. The van der Waals surface area contributed by atoms with Gasteiger partial charge in [-0.05, 0) is 41.8 Å². The lowest BCUT2D eigenvalue weighted by Gasteiger charge is -2.17. The molecule has 7 heteroatoms. The topological polar surface area (TPSA) is 95.1 Å². The zero-order valence-electron chi connectivity index (χ0n) is 17.0. The number of nitrogens with zero attached hydrogens (tertiary/aromatic N) is 1. The molecular weight excluding hydrogens is 414 g/mol. The van der Waals surface area contributed by atoms with Crippen molar-refractivity contribution in [2.75, 3.05) is 6.54 Å². The summed E-state index contributed by atoms with van der Waals surface area (Å²) in [7, 11) is 0. The van der Waals surface area contributed by atoms with Gasteiger partial charge in [0.1, 0.15) is 0 Å². The Labute approximate surface area is 185 Å². The van der Waals surface area contributed by atoms with Gasteiger partial charge in [-0.1, -0.05) is 36.1 Å². The highest BCUT2D eigenvalue weighted by Crippen LogP contribution is 2.23. The van der Waals surface area contributed by atoms with Crippen LogP contribution in [0.3, 0.4) is 0 Å². The first-order valence-corrected chi connectivity index (χ1v) is 10.3. The molecule has 1 aromatic heterocycles. The van der Waals surface area contributed by atoms with Gasteiger partial charge in [-0.3, -0.25) is 9.59 Å². The fourth-order valence-corrected chi connectivity index (χ4v) is 3.25. The monoisotopic (exact) mass is 435 g/mol. The van der Waals surface area contributed by atoms with E-state index in [2.05, 4.69) is 27.1 Å². The Morgan fingerprint density at radius 3 is 2.23 bits per heavy atom. The van der Waals surface area contributed by atoms with Crippen molar-refractivity contribution in [2.24, 2.45) is 0 Å². The molecule has 0 radical (unpaired) electrons. The van der Waals surface area contributed by atoms with Crippen LogP contribution in [-0.4, -0.2) is 27.5 Å². The predicted molar refractivity (Wildman–Crippen MR) is 120 cm³/mol. The molecule has 3 N–H and O–H groups in total. The molecule has 0 spiro atoms. The number of aromatic nitrogens is 2. The standard InChI is InChI=1S/C24H22ClN3O3/c1-16(29)26-14-21(22-23(30)24(31)28-15-27-22)12-19-8-4-17(5-9-19)2-3-18-6-10-20(13-25)11-7-18/h4-11,15,21,30H,12-14H2,1H3,(H,26,29)(H,27,28,31). The van der Waals surface area contributed by atoms with E-state index < -0.39 is 11.3 Å². The number of benzene rings is 2. The lowest BCUT2D eigenvalue weighted by molar-refractivity contribution is -0.119. The summed E-state index contributed by atoms with van der Waals surface area (Å²) in [5, 5.41) is 12.9. The molecule has 1 amide bonds. The van der Waals surface area contributed by atoms with E-state index in [4.69, 9.17) is 11.6 Å². The number of nitrogens with one attached hydrogen (secondary N) is 2. The lowest BCUT2D eigenvalue weighted by Crippen LogP contribution is -2.28. The van der Waals surface area contributed by atoms with Gasteiger partial charge in [0, 0.05) is 36.4 Å². The second kappa shape index (κ2) is 10.5. The van der Waals surface area contributed by atoms with E-state index in [1.54, 1.807) is 0 Å². The van der Waals surface area contributed by atoms with Crippen LogP contribution in [0.15, 0.2) is 59.7 Å². The second-order valence-corrected chi connectivity index (χ2v) is 7.35. The largest absolute Gasteiger partial charge is 0.502 e. The molecule has 1 unspecified atom stereocenters. The van der Waals surface area contributed by atoms with E-state index in [9.17, 15) is 14.7 Å². The van der Waals surface area contributed by atoms with Crippen molar-refractivity contribution in [1.82, 2.24) is 15.3 Å². The third kappa shape index (κ3) is 6.21. The number of hydrogen-bond acceptors (Lipinski definition) is 4. The van der Waals surface area contributed by atoms with Crippen LogP contribution in [-0.2, 0) is 17.1 Å². The molecule has 158 valence electrons. The van der Waals surface area contributed by atoms with Crippen LogP contribution in [0.1, 0.15) is 40.8 Å². The number of carbonyl (C=O) groups excluding carboxylic acids is 1. The minimum absolute atomic E-state index is 0.195. The smallest absolute Gasteiger partial charge is 0.293 e. The number of aromatic hydroxyl groups is 1. The zero-order chi connectivity index (χ0) is 22.2. The van der Waals surface area contributed by atoms with Gasteiger partial charge in [0.25, 0.3) is 5.56 Å². The summed E-state index contributed by atoms with van der Waals surface area (Å²) in [6, 6.07) is 15.5. The van der Waals surface area contributed by atoms with Crippen LogP contribution < -0.4 is 10.9 Å². The number of halogens is 1. The van der Waals surface area contributed by atoms with Crippen LogP contribution in [0.4, 0.5) is 0 Å². The molecule has 1 atom stereocenters. The third-order valence-corrected chi connectivity index (χ3v) is 5.05. The van der Waals surface area contributed by atoms with Crippen molar-refractivity contribution < 1.29 is 9.90 Å². The molecule has 31 heavy (non-hydrogen) atoms. The first-order valence-electron chi connectivity index (χ1n) is 9.73. The summed E-state index contributed by atoms with van der Waals surface area (Å²) in [6.07, 6.45) is 1.73. The molecule has 0 saturated carbocycles. The zero-order valence-corrected chi connectivity index (χ0v) is 17.7. The average molecular weight is 436 g/mol. The summed E-state index contributed by atoms with van der Waals surface area (Å²) >= 11 is 5.80. The van der Waals surface area contributed by atoms with E-state index in [0.29, 0.717) is 12.3 Å². The van der Waals surface area contributed by atoms with Crippen LogP contribution >= 0.6 is 11.6 Å². The molecule has 2 aromatic carbocycles. The van der Waals surface area contributed by atoms with Gasteiger partial charge in [0.15, 0.2) is 0 Å². The summed E-state index contributed by atoms with van der Waals surface area (Å²) in [6.45, 7) is 1.66. The van der Waals surface area contributed by atoms with Crippen molar-refractivity contribution in [2.45, 2.75) is 25.1 Å². The number of carbonyl (C=O) groups is 1. The van der Waals surface area contributed by atoms with Crippen molar-refractivity contribution in [3.8, 4) is 17.6 Å². The van der Waals surface area contributed by atoms with Gasteiger partial charge in [0.2, 0.25) is 11.7 Å². The van der Waals surface area contributed by atoms with Gasteiger partial charge in [-0.2, -0.15) is 0 Å². The highest BCUT2D eigenvalue weighted by atomic mass is 35.5. The Kier molecular flexibility index (Phi) is 7.47. The molecule has 6 nitrogen and oxygen atoms in total. The summed E-state index contributed by atoms with van der Waals surface area (Å²) in [4.78, 5) is 29.6. The highest BCUT2D eigenvalue weighted by Gasteiger charge is 2.20. The molecule has 0 saturated heterocycles. The summed E-state index contributed by atoms with van der Waals surface area (Å²) in [5.41, 5.74) is 3.43. The molecule has 0 aliphatic rings. The van der Waals surface area contributed by atoms with E-state index in [0.717, 1.165) is 22.3 Å². The number of hydrogen-bond donors (Lipinski definition) is 3. The minimum atomic E-state index is -0.609. The van der Waals surface area contributed by atoms with E-state index in [1.165, 1.54) is 13.3 Å². The van der Waals surface area contributed by atoms with Gasteiger partial charge >= 0.3 is 0 Å². The van der Waals surface area contributed by atoms with Crippen molar-refractivity contribution in [3.05, 3.63) is 93.2 Å². The van der Waals surface area contributed by atoms with Crippen LogP contribution in [0, 0.1) is 11.8 Å². The van der Waals surface area contributed by atoms with E-state index >= 15 is 0 Å². The molecule has 0 aliphatic heterocycles. The van der Waals surface area contributed by atoms with Crippen molar-refractivity contribution in [3.63, 3.8) is 0 Å². The fourth-order valence-electron chi connectivity index (χ4n) is 3.07. The van der Waals surface area contributed by atoms with Crippen LogP contribution in [0.5, 0.6) is 5.75 Å². The molecule has 3 aromatic rings. The number of amides is 1. The predicted octanol–water partition coefficient (Wildman–Crippen LogP) is 3.08. The summed E-state index contributed by atoms with van der Waals surface area (Å²) < 4.78 is 0. The van der Waals surface area contributed by atoms with E-state index in [1.807, 2.05) is 48.5 Å².